The summed E-state index contributed by atoms with van der Waals surface area (Å²) < 4.78 is 14.7. The molecule has 2 rings (SSSR count). The first-order valence-corrected chi connectivity index (χ1v) is 6.49. The van der Waals surface area contributed by atoms with Gasteiger partial charge in [-0.05, 0) is 40.5 Å². The van der Waals surface area contributed by atoms with E-state index in [0.29, 0.717) is 5.56 Å². The van der Waals surface area contributed by atoms with Crippen LogP contribution in [0.2, 0.25) is 0 Å². The van der Waals surface area contributed by atoms with Gasteiger partial charge in [0.05, 0.1) is 22.0 Å². The number of hydrogen-bond donors (Lipinski definition) is 1. The molecule has 20 heavy (non-hydrogen) atoms. The Morgan fingerprint density at radius 1 is 1.60 bits per heavy atom. The fraction of sp³-hybridized carbons (Fsp3) is 0.250. The number of aliphatic hydroxyl groups excluding tert-OH is 1. The average molecular weight is 344 g/mol. The van der Waals surface area contributed by atoms with Crippen molar-refractivity contribution in [3.63, 3.8) is 0 Å². The van der Waals surface area contributed by atoms with Crippen LogP contribution in [0.1, 0.15) is 17.4 Å². The van der Waals surface area contributed by atoms with Crippen molar-refractivity contribution in [2.24, 2.45) is 0 Å². The lowest BCUT2D eigenvalue weighted by molar-refractivity contribution is -0.385. The van der Waals surface area contributed by atoms with Gasteiger partial charge < -0.3 is 5.11 Å². The molecule has 0 aliphatic carbocycles. The lowest BCUT2D eigenvalue weighted by atomic mass is 10.1. The summed E-state index contributed by atoms with van der Waals surface area (Å²) in [6.07, 6.45) is 0.322. The van der Waals surface area contributed by atoms with Crippen LogP contribution in [0.3, 0.4) is 0 Å². The van der Waals surface area contributed by atoms with E-state index in [1.807, 2.05) is 0 Å². The maximum atomic E-state index is 13.1. The van der Waals surface area contributed by atoms with Crippen LogP contribution in [0.4, 0.5) is 10.1 Å². The summed E-state index contributed by atoms with van der Waals surface area (Å²) in [5.41, 5.74) is 0.675. The molecule has 1 heterocycles. The van der Waals surface area contributed by atoms with Crippen molar-refractivity contribution < 1.29 is 14.4 Å². The molecule has 1 atom stereocenters. The molecular weight excluding hydrogens is 333 g/mol. The number of halogens is 2. The second-order valence-corrected chi connectivity index (χ2v) is 5.12. The van der Waals surface area contributed by atoms with Gasteiger partial charge in [0.2, 0.25) is 0 Å². The van der Waals surface area contributed by atoms with E-state index in [0.717, 1.165) is 0 Å². The van der Waals surface area contributed by atoms with Crippen LogP contribution in [0.15, 0.2) is 28.9 Å². The Morgan fingerprint density at radius 2 is 2.30 bits per heavy atom. The van der Waals surface area contributed by atoms with E-state index in [1.54, 1.807) is 0 Å². The SMILES string of the molecule is Cc1nn(C[C@H](O)c2ccc(F)c(Br)c2)cc1[N+](=O)[O-]. The van der Waals surface area contributed by atoms with Gasteiger partial charge in [0.15, 0.2) is 0 Å². The molecule has 0 saturated carbocycles. The third kappa shape index (κ3) is 3.02. The van der Waals surface area contributed by atoms with E-state index in [-0.39, 0.29) is 22.4 Å². The Labute approximate surface area is 122 Å². The molecule has 0 aliphatic rings. The minimum absolute atomic E-state index is 0.0484. The van der Waals surface area contributed by atoms with E-state index in [4.69, 9.17) is 0 Å². The summed E-state index contributed by atoms with van der Waals surface area (Å²) in [7, 11) is 0. The van der Waals surface area contributed by atoms with Gasteiger partial charge in [0.25, 0.3) is 0 Å². The van der Waals surface area contributed by atoms with Gasteiger partial charge in [-0.1, -0.05) is 6.07 Å². The van der Waals surface area contributed by atoms with Crippen LogP contribution in [0.25, 0.3) is 0 Å². The number of nitrogens with zero attached hydrogens (tertiary/aromatic N) is 3. The maximum absolute atomic E-state index is 13.1. The zero-order chi connectivity index (χ0) is 14.9. The van der Waals surface area contributed by atoms with Gasteiger partial charge in [-0.15, -0.1) is 0 Å². The minimum Gasteiger partial charge on any atom is -0.386 e. The molecule has 0 saturated heterocycles. The quantitative estimate of drug-likeness (QED) is 0.683. The zero-order valence-corrected chi connectivity index (χ0v) is 12.0. The Hall–Kier alpha value is -1.80. The normalized spacial score (nSPS) is 12.4. The topological polar surface area (TPSA) is 81.2 Å². The number of benzene rings is 1. The molecule has 2 aromatic rings. The third-order valence-corrected chi connectivity index (χ3v) is 3.41. The first-order chi connectivity index (χ1) is 9.38. The summed E-state index contributed by atoms with van der Waals surface area (Å²) in [6.45, 7) is 1.57. The zero-order valence-electron chi connectivity index (χ0n) is 10.5. The summed E-state index contributed by atoms with van der Waals surface area (Å²) in [5, 5.41) is 24.7. The number of aryl methyl sites for hydroxylation is 1. The van der Waals surface area contributed by atoms with Crippen LogP contribution >= 0.6 is 15.9 Å². The molecule has 0 fully saturated rings. The van der Waals surface area contributed by atoms with Gasteiger partial charge in [0, 0.05) is 0 Å². The highest BCUT2D eigenvalue weighted by molar-refractivity contribution is 9.10. The van der Waals surface area contributed by atoms with Crippen molar-refractivity contribution in [3.05, 3.63) is 56.1 Å². The van der Waals surface area contributed by atoms with Crippen molar-refractivity contribution in [1.82, 2.24) is 9.78 Å². The molecule has 1 aromatic carbocycles. The smallest absolute Gasteiger partial charge is 0.309 e. The second kappa shape index (κ2) is 5.68. The fourth-order valence-corrected chi connectivity index (χ4v) is 2.18. The molecule has 1 aromatic heterocycles. The first-order valence-electron chi connectivity index (χ1n) is 5.70. The third-order valence-electron chi connectivity index (χ3n) is 2.81. The number of nitro groups is 1. The average Bonchev–Trinajstić information content (AvgIpc) is 2.73. The van der Waals surface area contributed by atoms with Crippen molar-refractivity contribution in [2.45, 2.75) is 19.6 Å². The summed E-state index contributed by atoms with van der Waals surface area (Å²) in [6, 6.07) is 4.15. The highest BCUT2D eigenvalue weighted by Gasteiger charge is 2.18. The van der Waals surface area contributed by atoms with Crippen molar-refractivity contribution in [2.75, 3.05) is 0 Å². The predicted octanol–water partition coefficient (Wildman–Crippen LogP) is 2.73. The molecule has 0 bridgehead atoms. The number of hydrogen-bond acceptors (Lipinski definition) is 4. The van der Waals surface area contributed by atoms with E-state index in [9.17, 15) is 19.6 Å². The maximum Gasteiger partial charge on any atom is 0.309 e. The Kier molecular flexibility index (Phi) is 4.15. The molecule has 1 N–H and O–H groups in total. The Morgan fingerprint density at radius 3 is 2.85 bits per heavy atom. The molecule has 8 heteroatoms. The van der Waals surface area contributed by atoms with Crippen LogP contribution in [-0.2, 0) is 6.54 Å². The summed E-state index contributed by atoms with van der Waals surface area (Å²) in [5.74, 6) is -0.425. The fourth-order valence-electron chi connectivity index (χ4n) is 1.78. The van der Waals surface area contributed by atoms with Crippen LogP contribution in [-0.4, -0.2) is 19.8 Å². The molecule has 106 valence electrons. The van der Waals surface area contributed by atoms with Crippen molar-refractivity contribution >= 4 is 21.6 Å². The molecule has 0 amide bonds. The number of aliphatic hydroxyl groups is 1. The molecule has 0 radical (unpaired) electrons. The second-order valence-electron chi connectivity index (χ2n) is 4.27. The molecule has 0 aliphatic heterocycles. The van der Waals surface area contributed by atoms with E-state index >= 15 is 0 Å². The standard InChI is InChI=1S/C12H11BrFN3O3/c1-7-11(17(19)20)5-16(15-7)6-12(18)8-2-3-10(14)9(13)4-8/h2-5,12,18H,6H2,1H3/t12-/m0/s1. The molecule has 0 unspecified atom stereocenters. The lowest BCUT2D eigenvalue weighted by Gasteiger charge is -2.11. The van der Waals surface area contributed by atoms with E-state index in [2.05, 4.69) is 21.0 Å². The van der Waals surface area contributed by atoms with Gasteiger partial charge in [0.1, 0.15) is 17.7 Å². The number of aromatic nitrogens is 2. The number of rotatable bonds is 4. The Bertz CT molecular complexity index is 659. The van der Waals surface area contributed by atoms with Crippen molar-refractivity contribution in [1.29, 1.82) is 0 Å². The van der Waals surface area contributed by atoms with Crippen LogP contribution < -0.4 is 0 Å². The monoisotopic (exact) mass is 343 g/mol. The first kappa shape index (κ1) is 14.6. The molecular formula is C12H11BrFN3O3. The summed E-state index contributed by atoms with van der Waals surface area (Å²) >= 11 is 3.04. The predicted molar refractivity (Wildman–Crippen MR) is 72.7 cm³/mol. The van der Waals surface area contributed by atoms with Gasteiger partial charge in [-0.2, -0.15) is 5.10 Å². The van der Waals surface area contributed by atoms with E-state index < -0.39 is 16.8 Å². The van der Waals surface area contributed by atoms with Gasteiger partial charge in [-0.25, -0.2) is 4.39 Å². The largest absolute Gasteiger partial charge is 0.386 e. The van der Waals surface area contributed by atoms with Gasteiger partial charge >= 0.3 is 5.69 Å². The van der Waals surface area contributed by atoms with Crippen LogP contribution in [0.5, 0.6) is 0 Å². The molecule has 0 spiro atoms. The summed E-state index contributed by atoms with van der Waals surface area (Å²) in [4.78, 5) is 10.2. The lowest BCUT2D eigenvalue weighted by Crippen LogP contribution is -2.09. The highest BCUT2D eigenvalue weighted by Crippen LogP contribution is 2.23. The van der Waals surface area contributed by atoms with E-state index in [1.165, 1.54) is 36.0 Å². The van der Waals surface area contributed by atoms with Crippen molar-refractivity contribution in [3.8, 4) is 0 Å². The highest BCUT2D eigenvalue weighted by atomic mass is 79.9. The molecule has 6 nitrogen and oxygen atoms in total. The van der Waals surface area contributed by atoms with Gasteiger partial charge in [-0.3, -0.25) is 14.8 Å². The Balaban J connectivity index is 2.18. The minimum atomic E-state index is -0.939. The van der Waals surface area contributed by atoms with Crippen LogP contribution in [0, 0.1) is 22.9 Å².